The summed E-state index contributed by atoms with van der Waals surface area (Å²) in [4.78, 5) is 4.54. The van der Waals surface area contributed by atoms with Gasteiger partial charge in [-0.2, -0.15) is 4.98 Å². The van der Waals surface area contributed by atoms with Crippen LogP contribution in [0.2, 0.25) is 10.0 Å². The van der Waals surface area contributed by atoms with E-state index in [0.29, 0.717) is 39.0 Å². The third-order valence-corrected chi connectivity index (χ3v) is 5.51. The molecule has 0 saturated heterocycles. The highest BCUT2D eigenvalue weighted by Crippen LogP contribution is 2.52. The van der Waals surface area contributed by atoms with Crippen LogP contribution in [0.1, 0.15) is 37.4 Å². The third kappa shape index (κ3) is 2.12. The van der Waals surface area contributed by atoms with Gasteiger partial charge in [0, 0.05) is 5.92 Å². The average Bonchev–Trinajstić information content (AvgIpc) is 3.18. The topological polar surface area (TPSA) is 64.9 Å². The van der Waals surface area contributed by atoms with Gasteiger partial charge in [-0.15, -0.1) is 0 Å². The van der Waals surface area contributed by atoms with Crippen molar-refractivity contribution < 1.29 is 4.52 Å². The van der Waals surface area contributed by atoms with Crippen molar-refractivity contribution in [3.8, 4) is 11.5 Å². The number of nitrogens with two attached hydrogens (primary N) is 1. The smallest absolute Gasteiger partial charge is 0.261 e. The monoisotopic (exact) mass is 323 g/mol. The Hall–Kier alpha value is -1.26. The number of benzene rings is 1. The molecule has 2 aliphatic carbocycles. The van der Waals surface area contributed by atoms with Crippen LogP contribution in [0.25, 0.3) is 11.5 Å². The molecule has 2 N–H and O–H groups in total. The van der Waals surface area contributed by atoms with Gasteiger partial charge in [0.15, 0.2) is 5.82 Å². The minimum atomic E-state index is 0.359. The van der Waals surface area contributed by atoms with E-state index in [4.69, 9.17) is 33.5 Å². The van der Waals surface area contributed by atoms with E-state index in [2.05, 4.69) is 10.1 Å². The van der Waals surface area contributed by atoms with Gasteiger partial charge in [-0.25, -0.2) is 0 Å². The molecule has 0 spiro atoms. The van der Waals surface area contributed by atoms with Crippen molar-refractivity contribution >= 4 is 28.9 Å². The summed E-state index contributed by atoms with van der Waals surface area (Å²) in [6, 6.07) is 3.35. The molecule has 0 radical (unpaired) electrons. The minimum absolute atomic E-state index is 0.359. The number of nitrogen functional groups attached to an aromatic ring is 1. The van der Waals surface area contributed by atoms with E-state index in [1.54, 1.807) is 12.1 Å². The van der Waals surface area contributed by atoms with Crippen LogP contribution >= 0.6 is 23.2 Å². The lowest BCUT2D eigenvalue weighted by Crippen LogP contribution is -2.09. The predicted molar refractivity (Wildman–Crippen MR) is 82.4 cm³/mol. The van der Waals surface area contributed by atoms with Gasteiger partial charge in [0.2, 0.25) is 0 Å². The molecular formula is C15H15Cl2N3O. The van der Waals surface area contributed by atoms with Crippen LogP contribution in [0.4, 0.5) is 5.69 Å². The van der Waals surface area contributed by atoms with Gasteiger partial charge in [0.05, 0.1) is 21.3 Å². The molecule has 0 amide bonds. The lowest BCUT2D eigenvalue weighted by molar-refractivity contribution is 0.372. The molecule has 2 saturated carbocycles. The van der Waals surface area contributed by atoms with E-state index in [1.165, 1.54) is 25.7 Å². The van der Waals surface area contributed by atoms with E-state index >= 15 is 0 Å². The Balaban J connectivity index is 1.71. The van der Waals surface area contributed by atoms with Crippen LogP contribution in [-0.4, -0.2) is 10.1 Å². The fraction of sp³-hybridized carbons (Fsp3) is 0.467. The van der Waals surface area contributed by atoms with Crippen LogP contribution in [0.3, 0.4) is 0 Å². The van der Waals surface area contributed by atoms with Gasteiger partial charge in [-0.05, 0) is 43.2 Å². The minimum Gasteiger partial charge on any atom is -0.397 e. The molecule has 1 heterocycles. The SMILES string of the molecule is Nc1c(Cl)ccc(Cl)c1-c1nc(C2CC3CCC2C3)no1. The summed E-state index contributed by atoms with van der Waals surface area (Å²) in [6.07, 6.45) is 5.09. The number of hydrogen-bond donors (Lipinski definition) is 1. The first kappa shape index (κ1) is 13.4. The van der Waals surface area contributed by atoms with Crippen LogP contribution in [0.5, 0.6) is 0 Å². The second-order valence-corrected chi connectivity index (χ2v) is 6.87. The van der Waals surface area contributed by atoms with Crippen molar-refractivity contribution in [2.24, 2.45) is 11.8 Å². The molecule has 21 heavy (non-hydrogen) atoms. The lowest BCUT2D eigenvalue weighted by atomic mass is 9.88. The van der Waals surface area contributed by atoms with Crippen molar-refractivity contribution in [3.05, 3.63) is 28.0 Å². The Morgan fingerprint density at radius 1 is 1.14 bits per heavy atom. The first-order valence-corrected chi connectivity index (χ1v) is 7.96. The summed E-state index contributed by atoms with van der Waals surface area (Å²) in [5.41, 5.74) is 6.91. The maximum atomic E-state index is 6.20. The van der Waals surface area contributed by atoms with Crippen molar-refractivity contribution in [2.45, 2.75) is 31.6 Å². The second kappa shape index (κ2) is 4.89. The Labute approximate surface area is 132 Å². The molecule has 1 aromatic heterocycles. The molecule has 3 unspecified atom stereocenters. The molecule has 3 atom stereocenters. The highest BCUT2D eigenvalue weighted by atomic mass is 35.5. The summed E-state index contributed by atoms with van der Waals surface area (Å²) in [5, 5.41) is 5.07. The molecule has 4 rings (SSSR count). The van der Waals surface area contributed by atoms with Gasteiger partial charge >= 0.3 is 0 Å². The molecule has 4 nitrogen and oxygen atoms in total. The molecule has 2 aromatic rings. The van der Waals surface area contributed by atoms with Gasteiger partial charge in [-0.1, -0.05) is 34.8 Å². The first-order valence-electron chi connectivity index (χ1n) is 7.21. The van der Waals surface area contributed by atoms with E-state index in [9.17, 15) is 0 Å². The van der Waals surface area contributed by atoms with E-state index in [0.717, 1.165) is 11.7 Å². The van der Waals surface area contributed by atoms with Crippen molar-refractivity contribution in [3.63, 3.8) is 0 Å². The largest absolute Gasteiger partial charge is 0.397 e. The van der Waals surface area contributed by atoms with Crippen LogP contribution in [-0.2, 0) is 0 Å². The lowest BCUT2D eigenvalue weighted by Gasteiger charge is -2.17. The van der Waals surface area contributed by atoms with E-state index < -0.39 is 0 Å². The molecule has 2 aliphatic rings. The number of fused-ring (bicyclic) bond motifs is 2. The Morgan fingerprint density at radius 3 is 2.67 bits per heavy atom. The van der Waals surface area contributed by atoms with Crippen LogP contribution in [0.15, 0.2) is 16.7 Å². The third-order valence-electron chi connectivity index (χ3n) is 4.87. The van der Waals surface area contributed by atoms with Gasteiger partial charge in [-0.3, -0.25) is 0 Å². The van der Waals surface area contributed by atoms with Gasteiger partial charge in [0.25, 0.3) is 5.89 Å². The molecule has 1 aromatic carbocycles. The number of aromatic nitrogens is 2. The zero-order valence-corrected chi connectivity index (χ0v) is 12.9. The van der Waals surface area contributed by atoms with Crippen LogP contribution < -0.4 is 5.73 Å². The maximum absolute atomic E-state index is 6.20. The van der Waals surface area contributed by atoms with Crippen molar-refractivity contribution in [2.75, 3.05) is 5.73 Å². The van der Waals surface area contributed by atoms with E-state index in [1.807, 2.05) is 0 Å². The summed E-state index contributed by atoms with van der Waals surface area (Å²) in [5.74, 6) is 3.10. The first-order chi connectivity index (χ1) is 10.1. The molecule has 0 aliphatic heterocycles. The van der Waals surface area contributed by atoms with Gasteiger partial charge < -0.3 is 10.3 Å². The molecule has 2 bridgehead atoms. The summed E-state index contributed by atoms with van der Waals surface area (Å²) >= 11 is 12.2. The second-order valence-electron chi connectivity index (χ2n) is 6.06. The molecule has 6 heteroatoms. The summed E-state index contributed by atoms with van der Waals surface area (Å²) in [7, 11) is 0. The summed E-state index contributed by atoms with van der Waals surface area (Å²) < 4.78 is 5.40. The molecule has 110 valence electrons. The Bertz CT molecular complexity index is 700. The predicted octanol–water partition coefficient (Wildman–Crippen LogP) is 4.53. The fourth-order valence-corrected chi connectivity index (χ4v) is 4.24. The zero-order chi connectivity index (χ0) is 14.6. The highest BCUT2D eigenvalue weighted by molar-refractivity contribution is 6.37. The highest BCUT2D eigenvalue weighted by Gasteiger charge is 2.42. The normalized spacial score (nSPS) is 27.4. The van der Waals surface area contributed by atoms with E-state index in [-0.39, 0.29) is 0 Å². The van der Waals surface area contributed by atoms with Gasteiger partial charge in [0.1, 0.15) is 0 Å². The standard InChI is InChI=1S/C15H15Cl2N3O/c16-10-3-4-11(17)13(18)12(10)15-19-14(20-21-15)9-6-7-1-2-8(9)5-7/h3-4,7-9H,1-2,5-6,18H2. The van der Waals surface area contributed by atoms with Crippen LogP contribution in [0, 0.1) is 11.8 Å². The summed E-state index contributed by atoms with van der Waals surface area (Å²) in [6.45, 7) is 0. The van der Waals surface area contributed by atoms with Crippen molar-refractivity contribution in [1.29, 1.82) is 0 Å². The number of halogens is 2. The number of rotatable bonds is 2. The maximum Gasteiger partial charge on any atom is 0.261 e. The molecule has 2 fully saturated rings. The Morgan fingerprint density at radius 2 is 1.95 bits per heavy atom. The zero-order valence-electron chi connectivity index (χ0n) is 11.4. The molecular weight excluding hydrogens is 309 g/mol. The van der Waals surface area contributed by atoms with Crippen molar-refractivity contribution in [1.82, 2.24) is 10.1 Å². The fourth-order valence-electron chi connectivity index (χ4n) is 3.83. The number of nitrogens with zero attached hydrogens (tertiary/aromatic N) is 2. The number of hydrogen-bond acceptors (Lipinski definition) is 4. The average molecular weight is 324 g/mol. The quantitative estimate of drug-likeness (QED) is 0.824. The number of anilines is 1. The Kier molecular flexibility index (Phi) is 3.12.